The van der Waals surface area contributed by atoms with Gasteiger partial charge in [0.25, 0.3) is 0 Å². The van der Waals surface area contributed by atoms with E-state index in [1.165, 1.54) is 12.3 Å². The van der Waals surface area contributed by atoms with Crippen molar-refractivity contribution in [3.63, 3.8) is 0 Å². The van der Waals surface area contributed by atoms with Gasteiger partial charge >= 0.3 is 10.8 Å². The molecule has 0 aromatic carbocycles. The van der Waals surface area contributed by atoms with Crippen LogP contribution in [0.15, 0.2) is 21.8 Å². The van der Waals surface area contributed by atoms with Crippen LogP contribution < -0.4 is 0 Å². The number of furan rings is 1. The molecule has 2 nitrogen and oxygen atoms in total. The first-order chi connectivity index (χ1) is 5.13. The Hall–Kier alpha value is -0.550. The second-order valence-corrected chi connectivity index (χ2v) is 3.27. The van der Waals surface area contributed by atoms with Crippen molar-refractivity contribution in [3.8, 4) is 0 Å². The zero-order valence-electron chi connectivity index (χ0n) is 5.71. The predicted octanol–water partition coefficient (Wildman–Crippen LogP) is 1.92. The van der Waals surface area contributed by atoms with Gasteiger partial charge in [-0.15, -0.1) is 0 Å². The molecule has 0 saturated carbocycles. The summed E-state index contributed by atoms with van der Waals surface area (Å²) >= 11 is -2.32. The Balaban J connectivity index is 2.84. The zero-order valence-corrected chi connectivity index (χ0v) is 6.53. The molecule has 0 bridgehead atoms. The molecule has 1 rings (SSSR count). The van der Waals surface area contributed by atoms with Crippen molar-refractivity contribution in [1.29, 1.82) is 0 Å². The molecule has 0 aliphatic carbocycles. The summed E-state index contributed by atoms with van der Waals surface area (Å²) in [5.41, 5.74) is 0.489. The van der Waals surface area contributed by atoms with Crippen LogP contribution in [0.4, 0.5) is 8.78 Å². The maximum absolute atomic E-state index is 11.8. The number of hydrogen-bond acceptors (Lipinski definition) is 2. The van der Waals surface area contributed by atoms with Crippen LogP contribution in [0.3, 0.4) is 0 Å². The highest BCUT2D eigenvalue weighted by Crippen LogP contribution is 2.21. The van der Waals surface area contributed by atoms with Gasteiger partial charge in [0.15, 0.2) is 0 Å². The van der Waals surface area contributed by atoms with Gasteiger partial charge in [0.2, 0.25) is 0 Å². The van der Waals surface area contributed by atoms with Crippen molar-refractivity contribution >= 4 is 11.2 Å². The summed E-state index contributed by atoms with van der Waals surface area (Å²) < 4.78 is 38.9. The third-order valence-corrected chi connectivity index (χ3v) is 2.27. The van der Waals surface area contributed by atoms with Gasteiger partial charge in [0.05, 0.1) is 17.4 Å². The molecule has 1 aromatic heterocycles. The molecular formula is C6H6F2O2S. The Bertz CT molecular complexity index is 236. The number of alkyl halides is 2. The lowest BCUT2D eigenvalue weighted by Crippen LogP contribution is -2.11. The first-order valence-corrected chi connectivity index (χ1v) is 4.07. The Morgan fingerprint density at radius 2 is 2.27 bits per heavy atom. The van der Waals surface area contributed by atoms with E-state index in [9.17, 15) is 13.3 Å². The summed E-state index contributed by atoms with van der Waals surface area (Å²) in [7, 11) is 0. The summed E-state index contributed by atoms with van der Waals surface area (Å²) in [5, 5.41) is -0.139. The highest BCUT2D eigenvalue weighted by Gasteiger charge is 2.28. The normalized spacial score (nSPS) is 13.9. The van der Waals surface area contributed by atoms with Crippen LogP contribution in [0.25, 0.3) is 0 Å². The summed E-state index contributed by atoms with van der Waals surface area (Å²) in [6.45, 7) is 1.57. The summed E-state index contributed by atoms with van der Waals surface area (Å²) in [6.07, 6.45) is 1.24. The number of aryl methyl sites for hydroxylation is 1. The van der Waals surface area contributed by atoms with E-state index in [0.29, 0.717) is 5.56 Å². The molecule has 1 unspecified atom stereocenters. The van der Waals surface area contributed by atoms with Crippen molar-refractivity contribution in [2.24, 2.45) is 0 Å². The SMILES string of the molecule is Cc1ccoc1[S+]([O-])C(F)F. The predicted molar refractivity (Wildman–Crippen MR) is 35.9 cm³/mol. The molecule has 1 heterocycles. The van der Waals surface area contributed by atoms with E-state index < -0.39 is 16.9 Å². The molecule has 0 fully saturated rings. The maximum Gasteiger partial charge on any atom is 0.405 e. The number of halogens is 2. The van der Waals surface area contributed by atoms with Crippen LogP contribution >= 0.6 is 0 Å². The third kappa shape index (κ3) is 1.72. The van der Waals surface area contributed by atoms with E-state index in [1.807, 2.05) is 0 Å². The molecule has 0 radical (unpaired) electrons. The van der Waals surface area contributed by atoms with Gasteiger partial charge in [0, 0.05) is 5.56 Å². The van der Waals surface area contributed by atoms with Crippen molar-refractivity contribution in [2.45, 2.75) is 17.8 Å². The van der Waals surface area contributed by atoms with E-state index in [0.717, 1.165) is 0 Å². The Labute approximate surface area is 65.4 Å². The Morgan fingerprint density at radius 3 is 2.64 bits per heavy atom. The van der Waals surface area contributed by atoms with Crippen LogP contribution in [0.5, 0.6) is 0 Å². The monoisotopic (exact) mass is 180 g/mol. The molecule has 62 valence electrons. The average molecular weight is 180 g/mol. The first-order valence-electron chi connectivity index (χ1n) is 2.85. The van der Waals surface area contributed by atoms with Crippen LogP contribution in [-0.2, 0) is 11.2 Å². The largest absolute Gasteiger partial charge is 0.604 e. The average Bonchev–Trinajstić information content (AvgIpc) is 2.33. The van der Waals surface area contributed by atoms with Gasteiger partial charge in [-0.1, -0.05) is 0 Å². The minimum absolute atomic E-state index is 0.139. The Morgan fingerprint density at radius 1 is 1.64 bits per heavy atom. The molecule has 0 aliphatic rings. The molecule has 1 aromatic rings. The highest BCUT2D eigenvalue weighted by atomic mass is 32.2. The van der Waals surface area contributed by atoms with Crippen LogP contribution in [-0.4, -0.2) is 10.3 Å². The van der Waals surface area contributed by atoms with Gasteiger partial charge in [-0.3, -0.25) is 0 Å². The molecule has 0 amide bonds. The van der Waals surface area contributed by atoms with Gasteiger partial charge in [-0.25, -0.2) is 0 Å². The lowest BCUT2D eigenvalue weighted by atomic mass is 10.4. The van der Waals surface area contributed by atoms with E-state index >= 15 is 0 Å². The van der Waals surface area contributed by atoms with Crippen molar-refractivity contribution in [3.05, 3.63) is 17.9 Å². The fraction of sp³-hybridized carbons (Fsp3) is 0.333. The van der Waals surface area contributed by atoms with Gasteiger partial charge < -0.3 is 8.97 Å². The summed E-state index contributed by atoms with van der Waals surface area (Å²) in [4.78, 5) is 0. The second kappa shape index (κ2) is 3.23. The maximum atomic E-state index is 11.8. The van der Waals surface area contributed by atoms with Crippen molar-refractivity contribution in [2.75, 3.05) is 0 Å². The second-order valence-electron chi connectivity index (χ2n) is 1.95. The molecule has 11 heavy (non-hydrogen) atoms. The molecule has 0 spiro atoms. The summed E-state index contributed by atoms with van der Waals surface area (Å²) in [6, 6.07) is 1.50. The minimum atomic E-state index is -2.88. The topological polar surface area (TPSA) is 36.2 Å². The quantitative estimate of drug-likeness (QED) is 0.652. The molecule has 5 heteroatoms. The molecule has 0 N–H and O–H groups in total. The van der Waals surface area contributed by atoms with Gasteiger partial charge in [-0.2, -0.15) is 8.78 Å². The lowest BCUT2D eigenvalue weighted by Gasteiger charge is -2.04. The summed E-state index contributed by atoms with van der Waals surface area (Å²) in [5.74, 6) is -2.88. The van der Waals surface area contributed by atoms with Crippen LogP contribution in [0.2, 0.25) is 0 Å². The molecule has 1 atom stereocenters. The van der Waals surface area contributed by atoms with E-state index in [1.54, 1.807) is 6.92 Å². The van der Waals surface area contributed by atoms with E-state index in [2.05, 4.69) is 4.42 Å². The number of rotatable bonds is 2. The van der Waals surface area contributed by atoms with Crippen molar-refractivity contribution in [1.82, 2.24) is 0 Å². The molecule has 0 saturated heterocycles. The fourth-order valence-corrected chi connectivity index (χ4v) is 1.34. The molecule has 0 aliphatic heterocycles. The van der Waals surface area contributed by atoms with E-state index in [4.69, 9.17) is 0 Å². The van der Waals surface area contributed by atoms with Gasteiger partial charge in [0.1, 0.15) is 0 Å². The lowest BCUT2D eigenvalue weighted by molar-refractivity contribution is 0.230. The van der Waals surface area contributed by atoms with Crippen LogP contribution in [0, 0.1) is 6.92 Å². The highest BCUT2D eigenvalue weighted by molar-refractivity contribution is 7.91. The van der Waals surface area contributed by atoms with Crippen molar-refractivity contribution < 1.29 is 17.8 Å². The first kappa shape index (κ1) is 8.55. The smallest absolute Gasteiger partial charge is 0.405 e. The zero-order chi connectivity index (χ0) is 8.43. The van der Waals surface area contributed by atoms with Gasteiger partial charge in [-0.05, 0) is 13.0 Å². The van der Waals surface area contributed by atoms with E-state index in [-0.39, 0.29) is 5.09 Å². The molecular weight excluding hydrogens is 174 g/mol. The Kier molecular flexibility index (Phi) is 2.51. The third-order valence-electron chi connectivity index (χ3n) is 1.16. The fourth-order valence-electron chi connectivity index (χ4n) is 0.646. The van der Waals surface area contributed by atoms with Crippen LogP contribution in [0.1, 0.15) is 5.56 Å². The minimum Gasteiger partial charge on any atom is -0.604 e. The number of hydrogen-bond donors (Lipinski definition) is 0. The standard InChI is InChI=1S/C6H6F2O2S/c1-4-2-3-10-5(4)11(9)6(7)8/h2-3,6H,1H3.